The van der Waals surface area contributed by atoms with Gasteiger partial charge < -0.3 is 15.5 Å². The van der Waals surface area contributed by atoms with Crippen molar-refractivity contribution in [2.24, 2.45) is 0 Å². The molecule has 0 spiro atoms. The van der Waals surface area contributed by atoms with Crippen LogP contribution in [-0.4, -0.2) is 23.7 Å². The van der Waals surface area contributed by atoms with Crippen LogP contribution in [0.4, 0.5) is 5.69 Å². The number of rotatable bonds is 4. The molecule has 0 atom stereocenters. The third kappa shape index (κ3) is 2.27. The molecule has 4 nitrogen and oxygen atoms in total. The second-order valence-electron chi connectivity index (χ2n) is 3.56. The van der Waals surface area contributed by atoms with E-state index in [1.165, 1.54) is 0 Å². The number of aryl methyl sites for hydroxylation is 1. The van der Waals surface area contributed by atoms with Gasteiger partial charge >= 0.3 is 0 Å². The molecule has 0 fully saturated rings. The van der Waals surface area contributed by atoms with E-state index in [1.54, 1.807) is 7.11 Å². The van der Waals surface area contributed by atoms with Gasteiger partial charge in [0.05, 0.1) is 11.0 Å². The summed E-state index contributed by atoms with van der Waals surface area (Å²) >= 11 is 0. The molecule has 1 aromatic heterocycles. The fourth-order valence-corrected chi connectivity index (χ4v) is 1.58. The van der Waals surface area contributed by atoms with Crippen LogP contribution in [0.1, 0.15) is 12.2 Å². The van der Waals surface area contributed by atoms with Crippen LogP contribution in [0.2, 0.25) is 0 Å². The molecule has 1 aromatic carbocycles. The zero-order chi connectivity index (χ0) is 10.7. The van der Waals surface area contributed by atoms with Gasteiger partial charge in [0, 0.05) is 25.8 Å². The minimum atomic E-state index is 0.759. The van der Waals surface area contributed by atoms with Crippen molar-refractivity contribution in [3.8, 4) is 0 Å². The SMILES string of the molecule is COCCCc1nc2ccc(N)cc2[nH]1. The molecule has 0 saturated carbocycles. The summed E-state index contributed by atoms with van der Waals surface area (Å²) in [6.45, 7) is 0.763. The van der Waals surface area contributed by atoms with Crippen LogP contribution in [0.3, 0.4) is 0 Å². The number of anilines is 1. The van der Waals surface area contributed by atoms with E-state index < -0.39 is 0 Å². The molecule has 0 saturated heterocycles. The van der Waals surface area contributed by atoms with Gasteiger partial charge in [0.25, 0.3) is 0 Å². The van der Waals surface area contributed by atoms with Gasteiger partial charge in [0.2, 0.25) is 0 Å². The summed E-state index contributed by atoms with van der Waals surface area (Å²) in [5.74, 6) is 0.993. The molecule has 2 aromatic rings. The maximum atomic E-state index is 5.69. The molecule has 15 heavy (non-hydrogen) atoms. The highest BCUT2D eigenvalue weighted by Crippen LogP contribution is 2.15. The second kappa shape index (κ2) is 4.31. The highest BCUT2D eigenvalue weighted by molar-refractivity contribution is 5.78. The number of benzene rings is 1. The topological polar surface area (TPSA) is 63.9 Å². The third-order valence-electron chi connectivity index (χ3n) is 2.32. The molecule has 80 valence electrons. The summed E-state index contributed by atoms with van der Waals surface area (Å²) in [5, 5.41) is 0. The average molecular weight is 205 g/mol. The van der Waals surface area contributed by atoms with Crippen LogP contribution >= 0.6 is 0 Å². The number of fused-ring (bicyclic) bond motifs is 1. The van der Waals surface area contributed by atoms with Crippen molar-refractivity contribution in [2.45, 2.75) is 12.8 Å². The van der Waals surface area contributed by atoms with E-state index in [1.807, 2.05) is 18.2 Å². The van der Waals surface area contributed by atoms with Gasteiger partial charge in [0.15, 0.2) is 0 Å². The van der Waals surface area contributed by atoms with E-state index in [-0.39, 0.29) is 0 Å². The number of ether oxygens (including phenoxy) is 1. The van der Waals surface area contributed by atoms with Crippen molar-refractivity contribution in [3.05, 3.63) is 24.0 Å². The first-order valence-electron chi connectivity index (χ1n) is 5.02. The van der Waals surface area contributed by atoms with Crippen molar-refractivity contribution in [3.63, 3.8) is 0 Å². The predicted octanol–water partition coefficient (Wildman–Crippen LogP) is 1.72. The second-order valence-corrected chi connectivity index (χ2v) is 3.56. The lowest BCUT2D eigenvalue weighted by atomic mass is 10.3. The van der Waals surface area contributed by atoms with Gasteiger partial charge in [-0.2, -0.15) is 0 Å². The summed E-state index contributed by atoms with van der Waals surface area (Å²) in [4.78, 5) is 7.71. The minimum absolute atomic E-state index is 0.759. The van der Waals surface area contributed by atoms with Crippen LogP contribution in [-0.2, 0) is 11.2 Å². The van der Waals surface area contributed by atoms with E-state index >= 15 is 0 Å². The van der Waals surface area contributed by atoms with Gasteiger partial charge in [0.1, 0.15) is 5.82 Å². The maximum Gasteiger partial charge on any atom is 0.107 e. The van der Waals surface area contributed by atoms with Crippen LogP contribution in [0.25, 0.3) is 11.0 Å². The Morgan fingerprint density at radius 1 is 1.47 bits per heavy atom. The fraction of sp³-hybridized carbons (Fsp3) is 0.364. The third-order valence-corrected chi connectivity index (χ3v) is 2.32. The summed E-state index contributed by atoms with van der Waals surface area (Å²) in [6, 6.07) is 5.70. The zero-order valence-corrected chi connectivity index (χ0v) is 8.79. The lowest BCUT2D eigenvalue weighted by Crippen LogP contribution is -1.93. The van der Waals surface area contributed by atoms with E-state index in [9.17, 15) is 0 Å². The molecular weight excluding hydrogens is 190 g/mol. The quantitative estimate of drug-likeness (QED) is 0.590. The molecule has 4 heteroatoms. The van der Waals surface area contributed by atoms with Crippen molar-refractivity contribution in [2.75, 3.05) is 19.5 Å². The number of H-pyrrole nitrogens is 1. The summed E-state index contributed by atoms with van der Waals surface area (Å²) in [7, 11) is 1.71. The molecule has 0 aliphatic heterocycles. The Balaban J connectivity index is 2.16. The number of hydrogen-bond donors (Lipinski definition) is 2. The Bertz CT molecular complexity index is 450. The number of imidazole rings is 1. The number of nitrogen functional groups attached to an aromatic ring is 1. The minimum Gasteiger partial charge on any atom is -0.399 e. The predicted molar refractivity (Wildman–Crippen MR) is 60.7 cm³/mol. The Kier molecular flexibility index (Phi) is 2.87. The lowest BCUT2D eigenvalue weighted by molar-refractivity contribution is 0.194. The monoisotopic (exact) mass is 205 g/mol. The summed E-state index contributed by atoms with van der Waals surface area (Å²) < 4.78 is 5.00. The molecule has 0 aliphatic rings. The molecular formula is C11H15N3O. The maximum absolute atomic E-state index is 5.69. The Labute approximate surface area is 88.5 Å². The Hall–Kier alpha value is -1.55. The van der Waals surface area contributed by atoms with E-state index in [4.69, 9.17) is 10.5 Å². The van der Waals surface area contributed by atoms with Gasteiger partial charge in [-0.25, -0.2) is 4.98 Å². The molecule has 0 aliphatic carbocycles. The first-order chi connectivity index (χ1) is 7.29. The van der Waals surface area contributed by atoms with E-state index in [2.05, 4.69) is 9.97 Å². The Morgan fingerprint density at radius 2 is 2.33 bits per heavy atom. The highest BCUT2D eigenvalue weighted by Gasteiger charge is 2.02. The smallest absolute Gasteiger partial charge is 0.107 e. The van der Waals surface area contributed by atoms with Crippen molar-refractivity contribution in [1.29, 1.82) is 0 Å². The van der Waals surface area contributed by atoms with Crippen LogP contribution in [0.5, 0.6) is 0 Å². The summed E-state index contributed by atoms with van der Waals surface area (Å²) in [5.41, 5.74) is 8.42. The van der Waals surface area contributed by atoms with Crippen LogP contribution in [0.15, 0.2) is 18.2 Å². The number of nitrogens with one attached hydrogen (secondary N) is 1. The van der Waals surface area contributed by atoms with Gasteiger partial charge in [-0.05, 0) is 24.6 Å². The number of nitrogens with zero attached hydrogens (tertiary/aromatic N) is 1. The number of hydrogen-bond acceptors (Lipinski definition) is 3. The van der Waals surface area contributed by atoms with Gasteiger partial charge in [-0.15, -0.1) is 0 Å². The highest BCUT2D eigenvalue weighted by atomic mass is 16.5. The van der Waals surface area contributed by atoms with Crippen molar-refractivity contribution >= 4 is 16.7 Å². The van der Waals surface area contributed by atoms with Gasteiger partial charge in [-0.3, -0.25) is 0 Å². The largest absolute Gasteiger partial charge is 0.399 e. The fourth-order valence-electron chi connectivity index (χ4n) is 1.58. The van der Waals surface area contributed by atoms with Crippen LogP contribution < -0.4 is 5.73 Å². The number of nitrogens with two attached hydrogens (primary N) is 1. The average Bonchev–Trinajstić information content (AvgIpc) is 2.60. The molecule has 0 radical (unpaired) electrons. The van der Waals surface area contributed by atoms with E-state index in [0.717, 1.165) is 42.0 Å². The first kappa shape index (κ1) is 9.98. The number of aromatic amines is 1. The zero-order valence-electron chi connectivity index (χ0n) is 8.79. The molecule has 3 N–H and O–H groups in total. The standard InChI is InChI=1S/C11H15N3O/c1-15-6-2-3-11-13-9-5-4-8(12)7-10(9)14-11/h4-5,7H,2-3,6,12H2,1H3,(H,13,14). The number of aromatic nitrogens is 2. The Morgan fingerprint density at radius 3 is 3.13 bits per heavy atom. The van der Waals surface area contributed by atoms with Gasteiger partial charge in [-0.1, -0.05) is 0 Å². The first-order valence-corrected chi connectivity index (χ1v) is 5.02. The molecule has 0 amide bonds. The summed E-state index contributed by atoms with van der Waals surface area (Å²) in [6.07, 6.45) is 1.88. The molecule has 2 rings (SSSR count). The number of methoxy groups -OCH3 is 1. The lowest BCUT2D eigenvalue weighted by Gasteiger charge is -1.95. The normalized spacial score (nSPS) is 11.0. The van der Waals surface area contributed by atoms with Crippen molar-refractivity contribution < 1.29 is 4.74 Å². The molecule has 1 heterocycles. The van der Waals surface area contributed by atoms with Crippen LogP contribution in [0, 0.1) is 0 Å². The molecule has 0 bridgehead atoms. The van der Waals surface area contributed by atoms with Crippen molar-refractivity contribution in [1.82, 2.24) is 9.97 Å². The molecule has 0 unspecified atom stereocenters. The van der Waals surface area contributed by atoms with E-state index in [0.29, 0.717) is 0 Å².